The van der Waals surface area contributed by atoms with Gasteiger partial charge in [-0.15, -0.1) is 0 Å². The van der Waals surface area contributed by atoms with Crippen LogP contribution in [0.1, 0.15) is 24.2 Å². The molecular formula is C23H26N4O3S. The Labute approximate surface area is 185 Å². The number of benzene rings is 2. The van der Waals surface area contributed by atoms with Gasteiger partial charge in [0.05, 0.1) is 23.4 Å². The monoisotopic (exact) mass is 438 g/mol. The zero-order chi connectivity index (χ0) is 21.8. The Bertz CT molecular complexity index is 1070. The van der Waals surface area contributed by atoms with Crippen LogP contribution in [0, 0.1) is 0 Å². The van der Waals surface area contributed by atoms with Crippen molar-refractivity contribution < 1.29 is 14.3 Å². The maximum atomic E-state index is 12.5. The summed E-state index contributed by atoms with van der Waals surface area (Å²) >= 11 is 1.45. The van der Waals surface area contributed by atoms with Gasteiger partial charge in [0.1, 0.15) is 5.75 Å². The van der Waals surface area contributed by atoms with Crippen molar-refractivity contribution in [3.63, 3.8) is 0 Å². The third-order valence-electron chi connectivity index (χ3n) is 5.30. The summed E-state index contributed by atoms with van der Waals surface area (Å²) in [6.45, 7) is 7.78. The van der Waals surface area contributed by atoms with Gasteiger partial charge in [0.15, 0.2) is 10.9 Å². The molecule has 1 fully saturated rings. The van der Waals surface area contributed by atoms with E-state index in [0.29, 0.717) is 18.3 Å². The van der Waals surface area contributed by atoms with E-state index in [0.717, 1.165) is 53.4 Å². The highest BCUT2D eigenvalue weighted by atomic mass is 32.1. The number of carbonyl (C=O) groups is 2. The molecule has 4 rings (SSSR count). The van der Waals surface area contributed by atoms with E-state index >= 15 is 0 Å². The van der Waals surface area contributed by atoms with E-state index in [4.69, 9.17) is 4.74 Å². The Morgan fingerprint density at radius 1 is 1.10 bits per heavy atom. The van der Waals surface area contributed by atoms with Crippen molar-refractivity contribution in [1.29, 1.82) is 0 Å². The van der Waals surface area contributed by atoms with Gasteiger partial charge >= 0.3 is 0 Å². The molecule has 0 unspecified atom stereocenters. The Balaban J connectivity index is 1.29. The number of nitrogens with zero attached hydrogens (tertiary/aromatic N) is 3. The van der Waals surface area contributed by atoms with Gasteiger partial charge in [-0.1, -0.05) is 11.3 Å². The zero-order valence-electron chi connectivity index (χ0n) is 17.8. The summed E-state index contributed by atoms with van der Waals surface area (Å²) in [6.07, 6.45) is 0. The second-order valence-electron chi connectivity index (χ2n) is 7.50. The topological polar surface area (TPSA) is 74.8 Å². The first kappa shape index (κ1) is 21.3. The molecule has 0 radical (unpaired) electrons. The number of piperazine rings is 1. The quantitative estimate of drug-likeness (QED) is 0.568. The lowest BCUT2D eigenvalue weighted by atomic mass is 10.1. The lowest BCUT2D eigenvalue weighted by Gasteiger charge is -2.35. The van der Waals surface area contributed by atoms with Gasteiger partial charge in [-0.2, -0.15) is 0 Å². The van der Waals surface area contributed by atoms with Crippen molar-refractivity contribution >= 4 is 44.1 Å². The van der Waals surface area contributed by atoms with E-state index in [1.165, 1.54) is 11.3 Å². The summed E-state index contributed by atoms with van der Waals surface area (Å²) < 4.78 is 6.52. The molecule has 162 valence electrons. The molecule has 0 saturated carbocycles. The smallest absolute Gasteiger partial charge is 0.240 e. The third-order valence-corrected chi connectivity index (χ3v) is 6.23. The normalized spacial score (nSPS) is 14.6. The second-order valence-corrected chi connectivity index (χ2v) is 8.53. The van der Waals surface area contributed by atoms with Crippen LogP contribution >= 0.6 is 11.3 Å². The molecule has 8 heteroatoms. The molecular weight excluding hydrogens is 412 g/mol. The first-order valence-electron chi connectivity index (χ1n) is 10.4. The number of aromatic nitrogens is 1. The van der Waals surface area contributed by atoms with Crippen LogP contribution in [0.5, 0.6) is 5.75 Å². The predicted octanol–water partition coefficient (Wildman–Crippen LogP) is 3.66. The van der Waals surface area contributed by atoms with Gasteiger partial charge in [-0.25, -0.2) is 4.98 Å². The fourth-order valence-electron chi connectivity index (χ4n) is 3.65. The van der Waals surface area contributed by atoms with Crippen LogP contribution in [0.15, 0.2) is 42.5 Å². The van der Waals surface area contributed by atoms with Crippen molar-refractivity contribution in [2.75, 3.05) is 49.5 Å². The molecule has 7 nitrogen and oxygen atoms in total. The van der Waals surface area contributed by atoms with Crippen molar-refractivity contribution in [3.8, 4) is 5.75 Å². The van der Waals surface area contributed by atoms with Crippen molar-refractivity contribution in [1.82, 2.24) is 9.88 Å². The number of hydrogen-bond donors (Lipinski definition) is 1. The maximum Gasteiger partial charge on any atom is 0.240 e. The first-order chi connectivity index (χ1) is 15.0. The van der Waals surface area contributed by atoms with E-state index < -0.39 is 0 Å². The van der Waals surface area contributed by atoms with Crippen molar-refractivity contribution in [3.05, 3.63) is 48.0 Å². The van der Waals surface area contributed by atoms with Gasteiger partial charge in [0.25, 0.3) is 0 Å². The number of ether oxygens (including phenoxy) is 1. The highest BCUT2D eigenvalue weighted by molar-refractivity contribution is 7.22. The predicted molar refractivity (Wildman–Crippen MR) is 125 cm³/mol. The lowest BCUT2D eigenvalue weighted by molar-refractivity contribution is -0.117. The molecule has 1 aliphatic heterocycles. The number of fused-ring (bicyclic) bond motifs is 1. The number of hydrogen-bond acceptors (Lipinski definition) is 7. The number of Topliss-reactive ketones (excluding diaryl/α,β-unsaturated/α-hetero) is 1. The fourth-order valence-corrected chi connectivity index (χ4v) is 4.56. The number of thiazole rings is 1. The van der Waals surface area contributed by atoms with Gasteiger partial charge < -0.3 is 15.0 Å². The number of amides is 1. The highest BCUT2D eigenvalue weighted by Crippen LogP contribution is 2.29. The third kappa shape index (κ3) is 5.21. The number of anilines is 2. The average Bonchev–Trinajstić information content (AvgIpc) is 3.16. The van der Waals surface area contributed by atoms with Crippen LogP contribution in [0.2, 0.25) is 0 Å². The maximum absolute atomic E-state index is 12.5. The SMILES string of the molecule is CCOc1ccc2nc(NC(=O)CN3CCN(c4ccc(C(C)=O)cc4)CC3)sc2c1. The molecule has 1 saturated heterocycles. The molecule has 1 aromatic heterocycles. The molecule has 1 amide bonds. The Hall–Kier alpha value is -2.97. The van der Waals surface area contributed by atoms with Crippen molar-refractivity contribution in [2.45, 2.75) is 13.8 Å². The average molecular weight is 439 g/mol. The largest absolute Gasteiger partial charge is 0.494 e. The van der Waals surface area contributed by atoms with E-state index in [2.05, 4.69) is 20.1 Å². The summed E-state index contributed by atoms with van der Waals surface area (Å²) in [7, 11) is 0. The molecule has 0 bridgehead atoms. The number of nitrogens with one attached hydrogen (secondary N) is 1. The van der Waals surface area contributed by atoms with Crippen LogP contribution in [-0.2, 0) is 4.79 Å². The Kier molecular flexibility index (Phi) is 6.48. The fraction of sp³-hybridized carbons (Fsp3) is 0.348. The molecule has 1 aliphatic rings. The summed E-state index contributed by atoms with van der Waals surface area (Å²) in [5, 5.41) is 3.54. The van der Waals surface area contributed by atoms with Gasteiger partial charge in [0.2, 0.25) is 5.91 Å². The molecule has 2 heterocycles. The molecule has 0 aliphatic carbocycles. The number of rotatable bonds is 7. The van der Waals surface area contributed by atoms with Crippen LogP contribution in [0.25, 0.3) is 10.2 Å². The van der Waals surface area contributed by atoms with Gasteiger partial charge in [-0.05, 0) is 56.3 Å². The van der Waals surface area contributed by atoms with E-state index in [-0.39, 0.29) is 11.7 Å². The Morgan fingerprint density at radius 2 is 1.84 bits per heavy atom. The minimum absolute atomic E-state index is 0.0525. The molecule has 3 aromatic rings. The van der Waals surface area contributed by atoms with Crippen LogP contribution < -0.4 is 15.0 Å². The minimum atomic E-state index is -0.0525. The summed E-state index contributed by atoms with van der Waals surface area (Å²) in [4.78, 5) is 32.9. The molecule has 31 heavy (non-hydrogen) atoms. The number of carbonyl (C=O) groups excluding carboxylic acids is 2. The summed E-state index contributed by atoms with van der Waals surface area (Å²) in [5.74, 6) is 0.832. The lowest BCUT2D eigenvalue weighted by Crippen LogP contribution is -2.48. The van der Waals surface area contributed by atoms with Crippen molar-refractivity contribution in [2.24, 2.45) is 0 Å². The van der Waals surface area contributed by atoms with E-state index in [1.54, 1.807) is 6.92 Å². The standard InChI is InChI=1S/C23H26N4O3S/c1-3-30-19-8-9-20-21(14-19)31-23(24-20)25-22(29)15-26-10-12-27(13-11-26)18-6-4-17(5-7-18)16(2)28/h4-9,14H,3,10-13,15H2,1-2H3,(H,24,25,29). The number of ketones is 1. The molecule has 2 aromatic carbocycles. The first-order valence-corrected chi connectivity index (χ1v) is 11.2. The van der Waals surface area contributed by atoms with Gasteiger partial charge in [-0.3, -0.25) is 14.5 Å². The van der Waals surface area contributed by atoms with Crippen LogP contribution in [0.4, 0.5) is 10.8 Å². The summed E-state index contributed by atoms with van der Waals surface area (Å²) in [6, 6.07) is 13.5. The molecule has 0 spiro atoms. The van der Waals surface area contributed by atoms with E-state index in [1.807, 2.05) is 49.4 Å². The summed E-state index contributed by atoms with van der Waals surface area (Å²) in [5.41, 5.74) is 2.69. The Morgan fingerprint density at radius 3 is 2.52 bits per heavy atom. The highest BCUT2D eigenvalue weighted by Gasteiger charge is 2.20. The van der Waals surface area contributed by atoms with Crippen LogP contribution in [-0.4, -0.2) is 60.9 Å². The second kappa shape index (κ2) is 9.45. The minimum Gasteiger partial charge on any atom is -0.494 e. The van der Waals surface area contributed by atoms with E-state index in [9.17, 15) is 9.59 Å². The van der Waals surface area contributed by atoms with Crippen LogP contribution in [0.3, 0.4) is 0 Å². The molecule has 0 atom stereocenters. The molecule has 1 N–H and O–H groups in total. The van der Waals surface area contributed by atoms with Gasteiger partial charge in [0, 0.05) is 37.4 Å². The zero-order valence-corrected chi connectivity index (χ0v) is 18.6.